The SMILES string of the molecule is CC(C)NCc1cnc(N2CCSCC2)c2ccccc12. The summed E-state index contributed by atoms with van der Waals surface area (Å²) in [4.78, 5) is 7.21. The van der Waals surface area contributed by atoms with Crippen LogP contribution < -0.4 is 10.2 Å². The fourth-order valence-corrected chi connectivity index (χ4v) is 3.62. The van der Waals surface area contributed by atoms with Crippen LogP contribution in [0.25, 0.3) is 10.8 Å². The van der Waals surface area contributed by atoms with Crippen molar-refractivity contribution in [2.24, 2.45) is 0 Å². The monoisotopic (exact) mass is 301 g/mol. The van der Waals surface area contributed by atoms with Gasteiger partial charge in [0, 0.05) is 48.8 Å². The third-order valence-corrected chi connectivity index (χ3v) is 4.81. The van der Waals surface area contributed by atoms with E-state index in [1.54, 1.807) is 0 Å². The quantitative estimate of drug-likeness (QED) is 0.938. The van der Waals surface area contributed by atoms with Crippen molar-refractivity contribution in [3.05, 3.63) is 36.0 Å². The Morgan fingerprint density at radius 2 is 1.90 bits per heavy atom. The summed E-state index contributed by atoms with van der Waals surface area (Å²) < 4.78 is 0. The van der Waals surface area contributed by atoms with Gasteiger partial charge in [0.25, 0.3) is 0 Å². The minimum Gasteiger partial charge on any atom is -0.354 e. The van der Waals surface area contributed by atoms with Gasteiger partial charge in [-0.05, 0) is 10.9 Å². The number of nitrogens with one attached hydrogen (secondary N) is 1. The van der Waals surface area contributed by atoms with E-state index in [9.17, 15) is 0 Å². The summed E-state index contributed by atoms with van der Waals surface area (Å²) in [5, 5.41) is 6.11. The molecule has 2 heterocycles. The summed E-state index contributed by atoms with van der Waals surface area (Å²) >= 11 is 2.03. The van der Waals surface area contributed by atoms with E-state index < -0.39 is 0 Å². The number of anilines is 1. The lowest BCUT2D eigenvalue weighted by Gasteiger charge is -2.28. The van der Waals surface area contributed by atoms with Crippen LogP contribution in [0.15, 0.2) is 30.5 Å². The van der Waals surface area contributed by atoms with Crippen LogP contribution in [0.2, 0.25) is 0 Å². The highest BCUT2D eigenvalue weighted by Crippen LogP contribution is 2.28. The molecule has 0 amide bonds. The lowest BCUT2D eigenvalue weighted by Crippen LogP contribution is -2.33. The van der Waals surface area contributed by atoms with Gasteiger partial charge in [0.1, 0.15) is 5.82 Å². The van der Waals surface area contributed by atoms with Crippen LogP contribution in [0, 0.1) is 0 Å². The minimum absolute atomic E-state index is 0.488. The molecule has 0 bridgehead atoms. The molecule has 1 fully saturated rings. The van der Waals surface area contributed by atoms with Crippen molar-refractivity contribution in [2.45, 2.75) is 26.4 Å². The number of benzene rings is 1. The summed E-state index contributed by atoms with van der Waals surface area (Å²) in [5.41, 5.74) is 1.29. The van der Waals surface area contributed by atoms with Gasteiger partial charge in [-0.3, -0.25) is 0 Å². The first kappa shape index (κ1) is 14.7. The molecule has 1 aromatic carbocycles. The molecule has 1 saturated heterocycles. The summed E-state index contributed by atoms with van der Waals surface area (Å²) in [6.45, 7) is 7.43. The Labute approximate surface area is 131 Å². The molecule has 2 aromatic rings. The van der Waals surface area contributed by atoms with Crippen molar-refractivity contribution < 1.29 is 0 Å². The number of pyridine rings is 1. The molecule has 0 saturated carbocycles. The predicted octanol–water partition coefficient (Wildman–Crippen LogP) is 3.29. The van der Waals surface area contributed by atoms with Crippen LogP contribution in [0.3, 0.4) is 0 Å². The molecule has 0 spiro atoms. The van der Waals surface area contributed by atoms with Crippen LogP contribution >= 0.6 is 11.8 Å². The van der Waals surface area contributed by atoms with Crippen molar-refractivity contribution in [3.8, 4) is 0 Å². The topological polar surface area (TPSA) is 28.2 Å². The molecule has 1 aliphatic rings. The van der Waals surface area contributed by atoms with Crippen molar-refractivity contribution in [2.75, 3.05) is 29.5 Å². The maximum Gasteiger partial charge on any atom is 0.136 e. The minimum atomic E-state index is 0.488. The number of hydrogen-bond acceptors (Lipinski definition) is 4. The summed E-state index contributed by atoms with van der Waals surface area (Å²) in [5.74, 6) is 3.55. The Balaban J connectivity index is 1.97. The van der Waals surface area contributed by atoms with E-state index in [0.29, 0.717) is 6.04 Å². The van der Waals surface area contributed by atoms with Crippen LogP contribution in [-0.4, -0.2) is 35.6 Å². The van der Waals surface area contributed by atoms with Gasteiger partial charge < -0.3 is 10.2 Å². The smallest absolute Gasteiger partial charge is 0.136 e. The molecule has 0 atom stereocenters. The molecule has 112 valence electrons. The standard InChI is InChI=1S/C17H23N3S/c1-13(2)18-11-14-12-19-17(20-7-9-21-10-8-20)16-6-4-3-5-15(14)16/h3-6,12-13,18H,7-11H2,1-2H3. The van der Waals surface area contributed by atoms with Gasteiger partial charge in [-0.2, -0.15) is 11.8 Å². The lowest BCUT2D eigenvalue weighted by atomic mass is 10.1. The fraction of sp³-hybridized carbons (Fsp3) is 0.471. The van der Waals surface area contributed by atoms with E-state index in [-0.39, 0.29) is 0 Å². The second-order valence-electron chi connectivity index (χ2n) is 5.79. The zero-order chi connectivity index (χ0) is 14.7. The Morgan fingerprint density at radius 1 is 1.19 bits per heavy atom. The van der Waals surface area contributed by atoms with Gasteiger partial charge in [0.2, 0.25) is 0 Å². The average Bonchev–Trinajstić information content (AvgIpc) is 2.53. The number of nitrogens with zero attached hydrogens (tertiary/aromatic N) is 2. The second kappa shape index (κ2) is 6.67. The highest BCUT2D eigenvalue weighted by molar-refractivity contribution is 7.99. The van der Waals surface area contributed by atoms with E-state index in [1.165, 1.54) is 27.8 Å². The summed E-state index contributed by atoms with van der Waals surface area (Å²) in [6, 6.07) is 9.15. The number of aromatic nitrogens is 1. The van der Waals surface area contributed by atoms with Gasteiger partial charge in [0.15, 0.2) is 0 Å². The van der Waals surface area contributed by atoms with E-state index in [2.05, 4.69) is 54.5 Å². The van der Waals surface area contributed by atoms with Crippen LogP contribution in [-0.2, 0) is 6.54 Å². The Morgan fingerprint density at radius 3 is 2.62 bits per heavy atom. The van der Waals surface area contributed by atoms with E-state index >= 15 is 0 Å². The van der Waals surface area contributed by atoms with E-state index in [0.717, 1.165) is 25.5 Å². The molecule has 0 radical (unpaired) electrons. The zero-order valence-electron chi connectivity index (χ0n) is 12.8. The molecular formula is C17H23N3S. The molecule has 0 aliphatic carbocycles. The Bertz CT molecular complexity index is 606. The number of rotatable bonds is 4. The number of fused-ring (bicyclic) bond motifs is 1. The Kier molecular flexibility index (Phi) is 4.66. The first-order valence-corrected chi connectivity index (χ1v) is 8.84. The summed E-state index contributed by atoms with van der Waals surface area (Å²) in [7, 11) is 0. The molecule has 4 heteroatoms. The van der Waals surface area contributed by atoms with E-state index in [1.807, 2.05) is 11.8 Å². The molecule has 1 aliphatic heterocycles. The van der Waals surface area contributed by atoms with Crippen molar-refractivity contribution in [1.29, 1.82) is 0 Å². The normalized spacial score (nSPS) is 15.9. The fourth-order valence-electron chi connectivity index (χ4n) is 2.72. The van der Waals surface area contributed by atoms with Gasteiger partial charge in [-0.1, -0.05) is 38.1 Å². The molecule has 1 N–H and O–H groups in total. The third kappa shape index (κ3) is 3.33. The second-order valence-corrected chi connectivity index (χ2v) is 7.01. The van der Waals surface area contributed by atoms with Crippen LogP contribution in [0.1, 0.15) is 19.4 Å². The van der Waals surface area contributed by atoms with Crippen molar-refractivity contribution in [1.82, 2.24) is 10.3 Å². The molecule has 21 heavy (non-hydrogen) atoms. The largest absolute Gasteiger partial charge is 0.354 e. The van der Waals surface area contributed by atoms with Gasteiger partial charge >= 0.3 is 0 Å². The first-order valence-electron chi connectivity index (χ1n) is 7.68. The predicted molar refractivity (Wildman–Crippen MR) is 93.3 cm³/mol. The molecule has 0 unspecified atom stereocenters. The first-order chi connectivity index (χ1) is 10.3. The lowest BCUT2D eigenvalue weighted by molar-refractivity contribution is 0.590. The van der Waals surface area contributed by atoms with Gasteiger partial charge in [-0.15, -0.1) is 0 Å². The number of hydrogen-bond donors (Lipinski definition) is 1. The zero-order valence-corrected chi connectivity index (χ0v) is 13.6. The highest BCUT2D eigenvalue weighted by Gasteiger charge is 2.16. The molecule has 1 aromatic heterocycles. The molecule has 3 rings (SSSR count). The molecule has 3 nitrogen and oxygen atoms in total. The van der Waals surface area contributed by atoms with Gasteiger partial charge in [0.05, 0.1) is 0 Å². The van der Waals surface area contributed by atoms with Crippen LogP contribution in [0.5, 0.6) is 0 Å². The summed E-state index contributed by atoms with van der Waals surface area (Å²) in [6.07, 6.45) is 2.05. The van der Waals surface area contributed by atoms with Gasteiger partial charge in [-0.25, -0.2) is 4.98 Å². The van der Waals surface area contributed by atoms with E-state index in [4.69, 9.17) is 4.98 Å². The number of thioether (sulfide) groups is 1. The maximum absolute atomic E-state index is 4.79. The highest BCUT2D eigenvalue weighted by atomic mass is 32.2. The van der Waals surface area contributed by atoms with Crippen LogP contribution in [0.4, 0.5) is 5.82 Å². The Hall–Kier alpha value is -1.26. The average molecular weight is 301 g/mol. The third-order valence-electron chi connectivity index (χ3n) is 3.87. The van der Waals surface area contributed by atoms with Crippen molar-refractivity contribution in [3.63, 3.8) is 0 Å². The maximum atomic E-state index is 4.79. The molecular weight excluding hydrogens is 278 g/mol. The van der Waals surface area contributed by atoms with Crippen molar-refractivity contribution >= 4 is 28.4 Å².